The molecule has 2 rings (SSSR count). The van der Waals surface area contributed by atoms with Gasteiger partial charge in [0.15, 0.2) is 5.78 Å². The fourth-order valence-corrected chi connectivity index (χ4v) is 2.41. The number of ketones is 1. The highest BCUT2D eigenvalue weighted by Crippen LogP contribution is 2.34. The third kappa shape index (κ3) is 2.36. The van der Waals surface area contributed by atoms with Crippen LogP contribution in [0.4, 0.5) is 0 Å². The quantitative estimate of drug-likeness (QED) is 0.580. The molecule has 1 aliphatic carbocycles. The van der Waals surface area contributed by atoms with Crippen LogP contribution in [-0.4, -0.2) is 10.1 Å². The molecule has 0 amide bonds. The van der Waals surface area contributed by atoms with Crippen LogP contribution in [0, 0.1) is 0 Å². The second-order valence-electron chi connectivity index (χ2n) is 3.68. The fourth-order valence-electron chi connectivity index (χ4n) is 1.59. The number of halogens is 2. The van der Waals surface area contributed by atoms with Crippen LogP contribution in [0.2, 0.25) is 0 Å². The van der Waals surface area contributed by atoms with Crippen molar-refractivity contribution in [2.24, 2.45) is 0 Å². The molecule has 3 heteroatoms. The van der Waals surface area contributed by atoms with Crippen LogP contribution in [-0.2, 0) is 0 Å². The molecule has 1 unspecified atom stereocenters. The van der Waals surface area contributed by atoms with Gasteiger partial charge in [-0.15, -0.1) is 0 Å². The number of Topliss-reactive ketones (excluding diaryl/α,β-unsaturated/α-hetero) is 1. The van der Waals surface area contributed by atoms with Crippen molar-refractivity contribution in [3.05, 3.63) is 58.6 Å². The normalized spacial score (nSPS) is 24.0. The average Bonchev–Trinajstić information content (AvgIpc) is 2.33. The van der Waals surface area contributed by atoms with Crippen molar-refractivity contribution in [1.29, 1.82) is 0 Å². The highest BCUT2D eigenvalue weighted by Gasteiger charge is 2.33. The van der Waals surface area contributed by atoms with Gasteiger partial charge in [-0.05, 0) is 6.42 Å². The summed E-state index contributed by atoms with van der Waals surface area (Å²) in [6, 6.07) is 9.34. The zero-order chi connectivity index (χ0) is 11.6. The molecule has 1 aliphatic rings. The minimum atomic E-state index is -0.592. The minimum Gasteiger partial charge on any atom is -0.292 e. The Labute approximate surface area is 111 Å². The highest BCUT2D eigenvalue weighted by molar-refractivity contribution is 9.12. The number of benzene rings is 1. The maximum absolute atomic E-state index is 12.3. The smallest absolute Gasteiger partial charge is 0.183 e. The molecule has 82 valence electrons. The average molecular weight is 342 g/mol. The standard InChI is InChI=1S/C13H10Br2O/c14-11-6-8-13(15,9-7-11)12(16)10-4-2-1-3-5-10/h1-8H,9H2. The van der Waals surface area contributed by atoms with Gasteiger partial charge in [0.25, 0.3) is 0 Å². The van der Waals surface area contributed by atoms with Crippen molar-refractivity contribution in [2.45, 2.75) is 10.7 Å². The Morgan fingerprint density at radius 3 is 2.50 bits per heavy atom. The van der Waals surface area contributed by atoms with E-state index in [0.29, 0.717) is 6.42 Å². The third-order valence-electron chi connectivity index (χ3n) is 2.51. The number of carbonyl (C=O) groups excluding carboxylic acids is 1. The predicted molar refractivity (Wildman–Crippen MR) is 73.2 cm³/mol. The Kier molecular flexibility index (Phi) is 3.45. The maximum atomic E-state index is 12.3. The summed E-state index contributed by atoms with van der Waals surface area (Å²) in [5.74, 6) is 0.0978. The molecule has 0 bridgehead atoms. The lowest BCUT2D eigenvalue weighted by molar-refractivity contribution is 0.0966. The number of hydrogen-bond donors (Lipinski definition) is 0. The van der Waals surface area contributed by atoms with Gasteiger partial charge in [0.05, 0.1) is 0 Å². The molecule has 0 spiro atoms. The molecule has 0 radical (unpaired) electrons. The van der Waals surface area contributed by atoms with Gasteiger partial charge in [-0.2, -0.15) is 0 Å². The maximum Gasteiger partial charge on any atom is 0.183 e. The molecular formula is C13H10Br2O. The zero-order valence-electron chi connectivity index (χ0n) is 8.49. The summed E-state index contributed by atoms with van der Waals surface area (Å²) >= 11 is 6.91. The first-order chi connectivity index (χ1) is 7.62. The van der Waals surface area contributed by atoms with Crippen LogP contribution < -0.4 is 0 Å². The van der Waals surface area contributed by atoms with Crippen LogP contribution in [0.25, 0.3) is 0 Å². The molecular weight excluding hydrogens is 332 g/mol. The predicted octanol–water partition coefficient (Wildman–Crippen LogP) is 4.24. The highest BCUT2D eigenvalue weighted by atomic mass is 79.9. The van der Waals surface area contributed by atoms with Gasteiger partial charge in [0.1, 0.15) is 4.32 Å². The number of rotatable bonds is 2. The Morgan fingerprint density at radius 1 is 1.25 bits per heavy atom. The molecule has 0 aliphatic heterocycles. The van der Waals surface area contributed by atoms with E-state index in [0.717, 1.165) is 10.0 Å². The van der Waals surface area contributed by atoms with E-state index in [1.807, 2.05) is 48.6 Å². The first kappa shape index (κ1) is 11.8. The van der Waals surface area contributed by atoms with E-state index in [4.69, 9.17) is 0 Å². The monoisotopic (exact) mass is 340 g/mol. The topological polar surface area (TPSA) is 17.1 Å². The summed E-state index contributed by atoms with van der Waals surface area (Å²) in [6.07, 6.45) is 6.46. The summed E-state index contributed by atoms with van der Waals surface area (Å²) in [7, 11) is 0. The molecule has 1 aromatic carbocycles. The molecule has 1 nitrogen and oxygen atoms in total. The van der Waals surface area contributed by atoms with Crippen molar-refractivity contribution in [2.75, 3.05) is 0 Å². The Morgan fingerprint density at radius 2 is 1.94 bits per heavy atom. The van der Waals surface area contributed by atoms with Crippen molar-refractivity contribution >= 4 is 37.6 Å². The first-order valence-corrected chi connectivity index (χ1v) is 6.54. The summed E-state index contributed by atoms with van der Waals surface area (Å²) in [4.78, 5) is 12.3. The van der Waals surface area contributed by atoms with Gasteiger partial charge in [-0.3, -0.25) is 4.79 Å². The largest absolute Gasteiger partial charge is 0.292 e. The van der Waals surface area contributed by atoms with Crippen LogP contribution in [0.5, 0.6) is 0 Å². The van der Waals surface area contributed by atoms with Gasteiger partial charge in [-0.25, -0.2) is 0 Å². The van der Waals surface area contributed by atoms with Gasteiger partial charge in [-0.1, -0.05) is 80.4 Å². The van der Waals surface area contributed by atoms with Crippen molar-refractivity contribution in [3.8, 4) is 0 Å². The van der Waals surface area contributed by atoms with Gasteiger partial charge >= 0.3 is 0 Å². The molecule has 1 atom stereocenters. The summed E-state index contributed by atoms with van der Waals surface area (Å²) in [5.41, 5.74) is 0.732. The number of allylic oxidation sites excluding steroid dienone is 4. The van der Waals surface area contributed by atoms with Crippen molar-refractivity contribution in [3.63, 3.8) is 0 Å². The molecule has 0 saturated heterocycles. The van der Waals surface area contributed by atoms with Gasteiger partial charge < -0.3 is 0 Å². The SMILES string of the molecule is O=C(c1ccccc1)C1(Br)C=CC(Br)=CC1. The Balaban J connectivity index is 2.27. The molecule has 0 heterocycles. The lowest BCUT2D eigenvalue weighted by Gasteiger charge is -2.23. The lowest BCUT2D eigenvalue weighted by atomic mass is 9.91. The van der Waals surface area contributed by atoms with E-state index in [1.165, 1.54) is 0 Å². The van der Waals surface area contributed by atoms with Crippen molar-refractivity contribution < 1.29 is 4.79 Å². The Hall–Kier alpha value is -0.670. The first-order valence-electron chi connectivity index (χ1n) is 4.95. The van der Waals surface area contributed by atoms with E-state index in [2.05, 4.69) is 31.9 Å². The van der Waals surface area contributed by atoms with Crippen LogP contribution >= 0.6 is 31.9 Å². The molecule has 0 N–H and O–H groups in total. The minimum absolute atomic E-state index is 0.0978. The second kappa shape index (κ2) is 4.68. The lowest BCUT2D eigenvalue weighted by Crippen LogP contribution is -2.30. The van der Waals surface area contributed by atoms with Gasteiger partial charge in [0.2, 0.25) is 0 Å². The summed E-state index contributed by atoms with van der Waals surface area (Å²) < 4.78 is 0.425. The van der Waals surface area contributed by atoms with Crippen molar-refractivity contribution in [1.82, 2.24) is 0 Å². The number of carbonyl (C=O) groups is 1. The fraction of sp³-hybridized carbons (Fsp3) is 0.154. The van der Waals surface area contributed by atoms with Crippen LogP contribution in [0.3, 0.4) is 0 Å². The van der Waals surface area contributed by atoms with E-state index in [-0.39, 0.29) is 5.78 Å². The molecule has 16 heavy (non-hydrogen) atoms. The molecule has 0 aromatic heterocycles. The molecule has 1 aromatic rings. The summed E-state index contributed by atoms with van der Waals surface area (Å²) in [5, 5.41) is 0. The van der Waals surface area contributed by atoms with E-state index in [1.54, 1.807) is 0 Å². The summed E-state index contributed by atoms with van der Waals surface area (Å²) in [6.45, 7) is 0. The number of hydrogen-bond acceptors (Lipinski definition) is 1. The van der Waals surface area contributed by atoms with Gasteiger partial charge in [0, 0.05) is 10.0 Å². The van der Waals surface area contributed by atoms with Crippen LogP contribution in [0.1, 0.15) is 16.8 Å². The molecule has 0 fully saturated rings. The van der Waals surface area contributed by atoms with E-state index >= 15 is 0 Å². The second-order valence-corrected chi connectivity index (χ2v) is 6.01. The zero-order valence-corrected chi connectivity index (χ0v) is 11.7. The Bertz CT molecular complexity index is 462. The third-order valence-corrected chi connectivity index (χ3v) is 4.05. The number of alkyl halides is 1. The molecule has 0 saturated carbocycles. The van der Waals surface area contributed by atoms with E-state index < -0.39 is 4.32 Å². The van der Waals surface area contributed by atoms with Crippen LogP contribution in [0.15, 0.2) is 53.0 Å². The van der Waals surface area contributed by atoms with E-state index in [9.17, 15) is 4.79 Å².